The molecule has 2 rings (SSSR count). The van der Waals surface area contributed by atoms with Crippen molar-refractivity contribution in [2.45, 2.75) is 58.4 Å². The van der Waals surface area contributed by atoms with Crippen molar-refractivity contribution in [1.82, 2.24) is 15.1 Å². The topological polar surface area (TPSA) is 72.9 Å². The zero-order chi connectivity index (χ0) is 17.5. The lowest BCUT2D eigenvalue weighted by molar-refractivity contribution is -0.126. The lowest BCUT2D eigenvalue weighted by Crippen LogP contribution is -2.45. The van der Waals surface area contributed by atoms with Gasteiger partial charge in [-0.15, -0.1) is 0 Å². The minimum absolute atomic E-state index is 0.148. The molecule has 0 radical (unpaired) electrons. The van der Waals surface area contributed by atoms with E-state index in [0.29, 0.717) is 25.0 Å². The third kappa shape index (κ3) is 5.65. The molecule has 0 saturated carbocycles. The summed E-state index contributed by atoms with van der Waals surface area (Å²) in [6.45, 7) is 8.33. The number of hydrogen-bond acceptors (Lipinski definition) is 3. The minimum Gasteiger partial charge on any atom is -0.465 e. The molecule has 0 bridgehead atoms. The maximum absolute atomic E-state index is 12.2. The molecular formula is C18H33N3O3. The number of nitrogens with zero attached hydrogens (tertiary/aromatic N) is 2. The Labute approximate surface area is 145 Å². The van der Waals surface area contributed by atoms with E-state index in [4.69, 9.17) is 5.11 Å². The van der Waals surface area contributed by atoms with Crippen LogP contribution in [0.25, 0.3) is 0 Å². The van der Waals surface area contributed by atoms with Gasteiger partial charge in [0.25, 0.3) is 0 Å². The molecule has 2 amide bonds. The van der Waals surface area contributed by atoms with Crippen molar-refractivity contribution >= 4 is 12.0 Å². The molecule has 2 aliphatic rings. The average Bonchev–Trinajstić information content (AvgIpc) is 2.80. The van der Waals surface area contributed by atoms with Crippen molar-refractivity contribution in [1.29, 1.82) is 0 Å². The van der Waals surface area contributed by atoms with Gasteiger partial charge in [0.2, 0.25) is 5.91 Å². The first-order chi connectivity index (χ1) is 11.5. The van der Waals surface area contributed by atoms with Crippen molar-refractivity contribution in [3.8, 4) is 0 Å². The van der Waals surface area contributed by atoms with Crippen LogP contribution >= 0.6 is 0 Å². The van der Waals surface area contributed by atoms with Crippen molar-refractivity contribution in [2.75, 3.05) is 32.7 Å². The molecule has 2 saturated heterocycles. The third-order valence-corrected chi connectivity index (χ3v) is 5.41. The van der Waals surface area contributed by atoms with Gasteiger partial charge in [0.1, 0.15) is 0 Å². The van der Waals surface area contributed by atoms with Gasteiger partial charge in [-0.1, -0.05) is 13.8 Å². The number of amides is 2. The van der Waals surface area contributed by atoms with Gasteiger partial charge in [-0.05, 0) is 57.5 Å². The Morgan fingerprint density at radius 3 is 2.42 bits per heavy atom. The fraction of sp³-hybridized carbons (Fsp3) is 0.889. The number of carbonyl (C=O) groups excluding carboxylic acids is 1. The van der Waals surface area contributed by atoms with E-state index in [0.717, 1.165) is 58.2 Å². The van der Waals surface area contributed by atoms with E-state index in [1.807, 2.05) is 0 Å². The molecule has 6 nitrogen and oxygen atoms in total. The Kier molecular flexibility index (Phi) is 7.34. The first kappa shape index (κ1) is 19.0. The van der Waals surface area contributed by atoms with E-state index >= 15 is 0 Å². The van der Waals surface area contributed by atoms with Gasteiger partial charge in [-0.25, -0.2) is 4.79 Å². The maximum atomic E-state index is 12.2. The first-order valence-electron chi connectivity index (χ1n) is 9.47. The van der Waals surface area contributed by atoms with Crippen LogP contribution in [0, 0.1) is 11.8 Å². The molecule has 0 spiro atoms. The predicted molar refractivity (Wildman–Crippen MR) is 94.0 cm³/mol. The standard InChI is InChI=1S/C18H33N3O3/c1-14(2)5-9-19-17(22)15-6-11-20(12-7-15)16-4-3-10-21(13-8-16)18(23)24/h14-16H,3-13H2,1-2H3,(H,19,22)(H,23,24)/t16-/m0/s1. The van der Waals surface area contributed by atoms with Gasteiger partial charge in [0.15, 0.2) is 0 Å². The molecule has 2 aliphatic heterocycles. The first-order valence-corrected chi connectivity index (χ1v) is 9.47. The molecule has 2 heterocycles. The Hall–Kier alpha value is -1.30. The van der Waals surface area contributed by atoms with Gasteiger partial charge >= 0.3 is 6.09 Å². The van der Waals surface area contributed by atoms with Crippen molar-refractivity contribution in [2.24, 2.45) is 11.8 Å². The van der Waals surface area contributed by atoms with Crippen LogP contribution in [0.2, 0.25) is 0 Å². The van der Waals surface area contributed by atoms with Crippen molar-refractivity contribution in [3.63, 3.8) is 0 Å². The minimum atomic E-state index is -0.799. The average molecular weight is 339 g/mol. The lowest BCUT2D eigenvalue weighted by Gasteiger charge is -2.36. The highest BCUT2D eigenvalue weighted by molar-refractivity contribution is 5.78. The van der Waals surface area contributed by atoms with Crippen LogP contribution in [0.5, 0.6) is 0 Å². The highest BCUT2D eigenvalue weighted by Crippen LogP contribution is 2.24. The van der Waals surface area contributed by atoms with E-state index in [2.05, 4.69) is 24.1 Å². The second-order valence-corrected chi connectivity index (χ2v) is 7.64. The maximum Gasteiger partial charge on any atom is 0.407 e. The van der Waals surface area contributed by atoms with Gasteiger partial charge < -0.3 is 20.2 Å². The Bertz CT molecular complexity index is 420. The molecule has 6 heteroatoms. The Morgan fingerprint density at radius 2 is 1.79 bits per heavy atom. The quantitative estimate of drug-likeness (QED) is 0.807. The summed E-state index contributed by atoms with van der Waals surface area (Å²) in [7, 11) is 0. The number of hydrogen-bond donors (Lipinski definition) is 2. The smallest absolute Gasteiger partial charge is 0.407 e. The van der Waals surface area contributed by atoms with Gasteiger partial charge in [0.05, 0.1) is 0 Å². The molecule has 2 fully saturated rings. The molecule has 2 N–H and O–H groups in total. The summed E-state index contributed by atoms with van der Waals surface area (Å²) >= 11 is 0. The number of nitrogens with one attached hydrogen (secondary N) is 1. The molecular weight excluding hydrogens is 306 g/mol. The molecule has 0 aromatic carbocycles. The van der Waals surface area contributed by atoms with E-state index in [1.165, 1.54) is 4.90 Å². The number of rotatable bonds is 5. The molecule has 0 unspecified atom stereocenters. The Morgan fingerprint density at radius 1 is 1.08 bits per heavy atom. The van der Waals surface area contributed by atoms with E-state index < -0.39 is 6.09 Å². The highest BCUT2D eigenvalue weighted by Gasteiger charge is 2.30. The molecule has 0 aromatic rings. The van der Waals surface area contributed by atoms with Crippen LogP contribution in [0.15, 0.2) is 0 Å². The lowest BCUT2D eigenvalue weighted by atomic mass is 9.93. The zero-order valence-electron chi connectivity index (χ0n) is 15.2. The summed E-state index contributed by atoms with van der Waals surface area (Å²) < 4.78 is 0. The normalized spacial score (nSPS) is 24.0. The summed E-state index contributed by atoms with van der Waals surface area (Å²) in [4.78, 5) is 27.4. The van der Waals surface area contributed by atoms with Crippen molar-refractivity contribution < 1.29 is 14.7 Å². The number of carboxylic acid groups (broad SMARTS) is 1. The third-order valence-electron chi connectivity index (χ3n) is 5.41. The monoisotopic (exact) mass is 339 g/mol. The molecule has 138 valence electrons. The van der Waals surface area contributed by atoms with Crippen LogP contribution in [-0.4, -0.2) is 65.7 Å². The highest BCUT2D eigenvalue weighted by atomic mass is 16.4. The zero-order valence-corrected chi connectivity index (χ0v) is 15.2. The summed E-state index contributed by atoms with van der Waals surface area (Å²) in [5.74, 6) is 0.982. The fourth-order valence-corrected chi connectivity index (χ4v) is 3.79. The number of likely N-dealkylation sites (tertiary alicyclic amines) is 2. The summed E-state index contributed by atoms with van der Waals surface area (Å²) in [6, 6.07) is 0.472. The molecule has 24 heavy (non-hydrogen) atoms. The molecule has 0 aliphatic carbocycles. The fourth-order valence-electron chi connectivity index (χ4n) is 3.79. The SMILES string of the molecule is CC(C)CCNC(=O)C1CCN([C@H]2CCCN(C(=O)O)CC2)CC1. The van der Waals surface area contributed by atoms with Crippen LogP contribution in [-0.2, 0) is 4.79 Å². The van der Waals surface area contributed by atoms with Gasteiger partial charge in [-0.2, -0.15) is 0 Å². The largest absolute Gasteiger partial charge is 0.465 e. The van der Waals surface area contributed by atoms with Crippen LogP contribution in [0.4, 0.5) is 4.79 Å². The van der Waals surface area contributed by atoms with E-state index in [1.54, 1.807) is 0 Å². The second kappa shape index (κ2) is 9.25. The molecule has 1 atom stereocenters. The summed E-state index contributed by atoms with van der Waals surface area (Å²) in [6.07, 6.45) is 5.00. The van der Waals surface area contributed by atoms with Gasteiger partial charge in [-0.3, -0.25) is 4.79 Å². The van der Waals surface area contributed by atoms with Gasteiger partial charge in [0, 0.05) is 31.6 Å². The van der Waals surface area contributed by atoms with Crippen molar-refractivity contribution in [3.05, 3.63) is 0 Å². The predicted octanol–water partition coefficient (Wildman–Crippen LogP) is 2.39. The number of piperidine rings is 1. The van der Waals surface area contributed by atoms with E-state index in [-0.39, 0.29) is 11.8 Å². The van der Waals surface area contributed by atoms with Crippen LogP contribution in [0.3, 0.4) is 0 Å². The molecule has 0 aromatic heterocycles. The Balaban J connectivity index is 1.72. The van der Waals surface area contributed by atoms with E-state index in [9.17, 15) is 9.59 Å². The van der Waals surface area contributed by atoms with Crippen LogP contribution < -0.4 is 5.32 Å². The summed E-state index contributed by atoms with van der Waals surface area (Å²) in [5.41, 5.74) is 0. The number of carbonyl (C=O) groups is 2. The second-order valence-electron chi connectivity index (χ2n) is 7.64. The van der Waals surface area contributed by atoms with Crippen LogP contribution in [0.1, 0.15) is 52.4 Å². The summed E-state index contributed by atoms with van der Waals surface area (Å²) in [5, 5.41) is 12.2.